The first kappa shape index (κ1) is 21.1. The fraction of sp³-hybridized carbons (Fsp3) is 0.562. The molecule has 0 fully saturated rings. The number of benzene rings is 1. The molecule has 1 aromatic carbocycles. The fourth-order valence-electron chi connectivity index (χ4n) is 1.99. The van der Waals surface area contributed by atoms with Crippen LogP contribution in [-0.4, -0.2) is 42.6 Å². The SMILES string of the molecule is CCCCN(C)C(=NCC(O)c1ccccc1F)NCC.I. The Morgan fingerprint density at radius 2 is 2.05 bits per heavy atom. The van der Waals surface area contributed by atoms with Crippen LogP contribution in [0.25, 0.3) is 0 Å². The van der Waals surface area contributed by atoms with Gasteiger partial charge in [-0.3, -0.25) is 4.99 Å². The summed E-state index contributed by atoms with van der Waals surface area (Å²) < 4.78 is 13.6. The van der Waals surface area contributed by atoms with Crippen molar-refractivity contribution in [2.75, 3.05) is 26.7 Å². The molecule has 0 bridgehead atoms. The lowest BCUT2D eigenvalue weighted by Gasteiger charge is -2.22. The average Bonchev–Trinajstić information content (AvgIpc) is 2.49. The molecule has 0 radical (unpaired) electrons. The fourth-order valence-corrected chi connectivity index (χ4v) is 1.99. The molecule has 0 aliphatic heterocycles. The molecule has 0 saturated carbocycles. The van der Waals surface area contributed by atoms with Crippen LogP contribution in [-0.2, 0) is 0 Å². The van der Waals surface area contributed by atoms with Gasteiger partial charge in [-0.05, 0) is 19.4 Å². The maximum atomic E-state index is 13.6. The number of guanidine groups is 1. The third-order valence-electron chi connectivity index (χ3n) is 3.22. The Hall–Kier alpha value is -0.890. The largest absolute Gasteiger partial charge is 0.386 e. The minimum absolute atomic E-state index is 0. The zero-order valence-electron chi connectivity index (χ0n) is 13.6. The van der Waals surface area contributed by atoms with Crippen molar-refractivity contribution in [3.63, 3.8) is 0 Å². The predicted octanol–water partition coefficient (Wildman–Crippen LogP) is 3.17. The van der Waals surface area contributed by atoms with Crippen LogP contribution in [0, 0.1) is 5.82 Å². The summed E-state index contributed by atoms with van der Waals surface area (Å²) >= 11 is 0. The molecule has 0 spiro atoms. The zero-order chi connectivity index (χ0) is 15.7. The maximum absolute atomic E-state index is 13.6. The lowest BCUT2D eigenvalue weighted by molar-refractivity contribution is 0.182. The summed E-state index contributed by atoms with van der Waals surface area (Å²) in [5.74, 6) is 0.339. The quantitative estimate of drug-likeness (QED) is 0.403. The lowest BCUT2D eigenvalue weighted by atomic mass is 10.1. The summed E-state index contributed by atoms with van der Waals surface area (Å²) in [6, 6.07) is 6.26. The van der Waals surface area contributed by atoms with Crippen molar-refractivity contribution in [1.29, 1.82) is 0 Å². The molecule has 1 rings (SSSR count). The second kappa shape index (κ2) is 11.6. The van der Waals surface area contributed by atoms with Crippen LogP contribution < -0.4 is 5.32 Å². The smallest absolute Gasteiger partial charge is 0.193 e. The van der Waals surface area contributed by atoms with Crippen LogP contribution in [0.4, 0.5) is 4.39 Å². The van der Waals surface area contributed by atoms with Crippen molar-refractivity contribution >= 4 is 29.9 Å². The standard InChI is InChI=1S/C16H26FN3O.HI/c1-4-6-11-20(3)16(18-5-2)19-12-15(21)13-9-7-8-10-14(13)17;/h7-10,15,21H,4-6,11-12H2,1-3H3,(H,18,19);1H. The summed E-state index contributed by atoms with van der Waals surface area (Å²) in [5, 5.41) is 13.3. The van der Waals surface area contributed by atoms with Crippen molar-refractivity contribution in [2.24, 2.45) is 4.99 Å². The van der Waals surface area contributed by atoms with Gasteiger partial charge in [0.2, 0.25) is 0 Å². The molecule has 4 nitrogen and oxygen atoms in total. The van der Waals surface area contributed by atoms with E-state index in [0.29, 0.717) is 0 Å². The molecule has 0 heterocycles. The number of unbranched alkanes of at least 4 members (excludes halogenated alkanes) is 1. The number of aliphatic hydroxyl groups excluding tert-OH is 1. The normalized spacial score (nSPS) is 12.5. The Morgan fingerprint density at radius 3 is 2.64 bits per heavy atom. The van der Waals surface area contributed by atoms with Crippen molar-refractivity contribution < 1.29 is 9.50 Å². The van der Waals surface area contributed by atoms with Gasteiger partial charge in [-0.2, -0.15) is 0 Å². The van der Waals surface area contributed by atoms with Crippen LogP contribution in [0.15, 0.2) is 29.3 Å². The van der Waals surface area contributed by atoms with E-state index in [1.807, 2.05) is 18.9 Å². The van der Waals surface area contributed by atoms with Crippen LogP contribution >= 0.6 is 24.0 Å². The first-order valence-electron chi connectivity index (χ1n) is 7.52. The second-order valence-corrected chi connectivity index (χ2v) is 5.01. The van der Waals surface area contributed by atoms with E-state index in [2.05, 4.69) is 17.2 Å². The van der Waals surface area contributed by atoms with Crippen LogP contribution in [0.2, 0.25) is 0 Å². The molecule has 126 valence electrons. The first-order chi connectivity index (χ1) is 10.1. The van der Waals surface area contributed by atoms with Gasteiger partial charge in [0, 0.05) is 25.7 Å². The highest BCUT2D eigenvalue weighted by Crippen LogP contribution is 2.16. The highest BCUT2D eigenvalue weighted by atomic mass is 127. The van der Waals surface area contributed by atoms with E-state index in [1.54, 1.807) is 18.2 Å². The molecule has 2 N–H and O–H groups in total. The van der Waals surface area contributed by atoms with E-state index in [9.17, 15) is 9.50 Å². The topological polar surface area (TPSA) is 47.9 Å². The number of aliphatic hydroxyl groups is 1. The van der Waals surface area contributed by atoms with E-state index >= 15 is 0 Å². The number of nitrogens with one attached hydrogen (secondary N) is 1. The monoisotopic (exact) mass is 423 g/mol. The number of halogens is 2. The number of rotatable bonds is 7. The highest BCUT2D eigenvalue weighted by Gasteiger charge is 2.12. The van der Waals surface area contributed by atoms with E-state index in [1.165, 1.54) is 6.07 Å². The summed E-state index contributed by atoms with van der Waals surface area (Å²) in [6.45, 7) is 5.93. The molecule has 1 atom stereocenters. The Balaban J connectivity index is 0.00000441. The maximum Gasteiger partial charge on any atom is 0.193 e. The summed E-state index contributed by atoms with van der Waals surface area (Å²) in [6.07, 6.45) is 1.26. The first-order valence-corrected chi connectivity index (χ1v) is 7.52. The van der Waals surface area contributed by atoms with Gasteiger partial charge in [0.15, 0.2) is 5.96 Å². The van der Waals surface area contributed by atoms with E-state index in [4.69, 9.17) is 0 Å². The number of hydrogen-bond acceptors (Lipinski definition) is 2. The van der Waals surface area contributed by atoms with Gasteiger partial charge in [0.1, 0.15) is 11.9 Å². The number of aliphatic imine (C=N–C) groups is 1. The van der Waals surface area contributed by atoms with Crippen molar-refractivity contribution in [2.45, 2.75) is 32.8 Å². The Bertz CT molecular complexity index is 457. The van der Waals surface area contributed by atoms with Crippen molar-refractivity contribution in [3.05, 3.63) is 35.6 Å². The molecular formula is C16H27FIN3O. The van der Waals surface area contributed by atoms with Crippen LogP contribution in [0.5, 0.6) is 0 Å². The van der Waals surface area contributed by atoms with Gasteiger partial charge in [-0.1, -0.05) is 31.5 Å². The highest BCUT2D eigenvalue weighted by molar-refractivity contribution is 14.0. The van der Waals surface area contributed by atoms with Crippen molar-refractivity contribution in [3.8, 4) is 0 Å². The Morgan fingerprint density at radius 1 is 1.36 bits per heavy atom. The van der Waals surface area contributed by atoms with E-state index in [-0.39, 0.29) is 36.1 Å². The lowest BCUT2D eigenvalue weighted by Crippen LogP contribution is -2.39. The third kappa shape index (κ3) is 6.91. The minimum atomic E-state index is -0.931. The molecule has 0 aromatic heterocycles. The number of hydrogen-bond donors (Lipinski definition) is 2. The second-order valence-electron chi connectivity index (χ2n) is 5.01. The molecule has 6 heteroatoms. The Kier molecular flexibility index (Phi) is 11.2. The summed E-state index contributed by atoms with van der Waals surface area (Å²) in [7, 11) is 1.96. The third-order valence-corrected chi connectivity index (χ3v) is 3.22. The molecular weight excluding hydrogens is 396 g/mol. The van der Waals surface area contributed by atoms with Crippen LogP contribution in [0.1, 0.15) is 38.4 Å². The van der Waals surface area contributed by atoms with Gasteiger partial charge in [0.05, 0.1) is 6.54 Å². The molecule has 22 heavy (non-hydrogen) atoms. The summed E-state index contributed by atoms with van der Waals surface area (Å²) in [5.41, 5.74) is 0.285. The molecule has 0 saturated heterocycles. The summed E-state index contributed by atoms with van der Waals surface area (Å²) in [4.78, 5) is 6.43. The van der Waals surface area contributed by atoms with Gasteiger partial charge in [-0.15, -0.1) is 24.0 Å². The van der Waals surface area contributed by atoms with Gasteiger partial charge < -0.3 is 15.3 Å². The van der Waals surface area contributed by atoms with Gasteiger partial charge in [-0.25, -0.2) is 4.39 Å². The zero-order valence-corrected chi connectivity index (χ0v) is 15.9. The molecule has 0 aliphatic carbocycles. The number of nitrogens with zero attached hydrogens (tertiary/aromatic N) is 2. The van der Waals surface area contributed by atoms with Gasteiger partial charge in [0.25, 0.3) is 0 Å². The predicted molar refractivity (Wildman–Crippen MR) is 100 cm³/mol. The molecule has 1 unspecified atom stereocenters. The molecule has 0 amide bonds. The Labute approximate surface area is 149 Å². The molecule has 1 aromatic rings. The molecule has 0 aliphatic rings. The van der Waals surface area contributed by atoms with Gasteiger partial charge >= 0.3 is 0 Å². The van der Waals surface area contributed by atoms with Crippen LogP contribution in [0.3, 0.4) is 0 Å². The average molecular weight is 423 g/mol. The minimum Gasteiger partial charge on any atom is -0.386 e. The van der Waals surface area contributed by atoms with E-state index in [0.717, 1.165) is 31.9 Å². The van der Waals surface area contributed by atoms with Crippen molar-refractivity contribution in [1.82, 2.24) is 10.2 Å². The van der Waals surface area contributed by atoms with E-state index < -0.39 is 11.9 Å².